The summed E-state index contributed by atoms with van der Waals surface area (Å²) in [6.07, 6.45) is 7.20. The van der Waals surface area contributed by atoms with Crippen molar-refractivity contribution < 1.29 is 5.21 Å². The molecule has 5 heterocycles. The number of fused-ring (bicyclic) bond motifs is 8. The lowest BCUT2D eigenvalue weighted by Crippen LogP contribution is -1.91. The van der Waals surface area contributed by atoms with Gasteiger partial charge in [-0.05, 0) is 120 Å². The van der Waals surface area contributed by atoms with Crippen molar-refractivity contribution >= 4 is 44.4 Å². The molecule has 0 unspecified atom stereocenters. The molecule has 0 atom stereocenters. The second-order valence-electron chi connectivity index (χ2n) is 11.0. The first kappa shape index (κ1) is 28.9. The number of H-pyrrole nitrogens is 1. The highest BCUT2D eigenvalue weighted by atomic mass is 16.5. The van der Waals surface area contributed by atoms with E-state index in [2.05, 4.69) is 84.6 Å². The van der Waals surface area contributed by atoms with Crippen LogP contribution in [0.15, 0.2) is 24.3 Å². The van der Waals surface area contributed by atoms with E-state index in [1.165, 1.54) is 49.3 Å². The Hall–Kier alpha value is -3.60. The number of nitrogens with zero attached hydrogens (tertiary/aromatic N) is 3. The van der Waals surface area contributed by atoms with Crippen molar-refractivity contribution in [3.63, 3.8) is 0 Å². The molecule has 2 aliphatic heterocycles. The van der Waals surface area contributed by atoms with E-state index in [0.717, 1.165) is 96.2 Å². The molecule has 0 radical (unpaired) electrons. The van der Waals surface area contributed by atoms with Crippen LogP contribution >= 0.6 is 0 Å². The predicted molar refractivity (Wildman–Crippen MR) is 174 cm³/mol. The molecule has 0 saturated carbocycles. The summed E-state index contributed by atoms with van der Waals surface area (Å²) in [5.41, 5.74) is 18.1. The number of aryl methyl sites for hydroxylation is 4. The van der Waals surface area contributed by atoms with Gasteiger partial charge in [0.1, 0.15) is 0 Å². The zero-order valence-electron chi connectivity index (χ0n) is 26.3. The molecule has 0 saturated heterocycles. The van der Waals surface area contributed by atoms with Crippen molar-refractivity contribution in [3.8, 4) is 0 Å². The maximum Gasteiger partial charge on any atom is 0.0856 e. The van der Waals surface area contributed by atoms with Crippen LogP contribution in [-0.2, 0) is 25.7 Å². The molecule has 0 aliphatic carbocycles. The van der Waals surface area contributed by atoms with E-state index >= 15 is 0 Å². The van der Waals surface area contributed by atoms with Crippen molar-refractivity contribution in [2.45, 2.75) is 107 Å². The topological polar surface area (TPSA) is 66.7 Å². The van der Waals surface area contributed by atoms with Crippen LogP contribution in [0.3, 0.4) is 0 Å². The first-order valence-corrected chi connectivity index (χ1v) is 15.8. The minimum atomic E-state index is 0.834. The Morgan fingerprint density at radius 2 is 0.805 bits per heavy atom. The lowest BCUT2D eigenvalue weighted by Gasteiger charge is -2.03. The SMILES string of the molecule is CCC1=C(CC)c2cc3c(CC)c(CC)c(cc4nc(cc5[nH]c(cc1n2)c(CC)c5CC)C(CC)=C4CC)n3O. The fraction of sp³-hybridized carbons (Fsp3) is 0.444. The Labute approximate surface area is 245 Å². The highest BCUT2D eigenvalue weighted by Crippen LogP contribution is 2.39. The number of aromatic nitrogens is 4. The van der Waals surface area contributed by atoms with Gasteiger partial charge in [0.15, 0.2) is 0 Å². The monoisotopic (exact) mass is 550 g/mol. The van der Waals surface area contributed by atoms with Crippen molar-refractivity contribution in [1.82, 2.24) is 19.7 Å². The number of hydrogen-bond donors (Lipinski definition) is 2. The summed E-state index contributed by atoms with van der Waals surface area (Å²) in [5, 5.41) is 11.7. The molecule has 41 heavy (non-hydrogen) atoms. The molecule has 0 aromatic carbocycles. The summed E-state index contributed by atoms with van der Waals surface area (Å²) in [4.78, 5) is 14.3. The van der Waals surface area contributed by atoms with E-state index in [-0.39, 0.29) is 0 Å². The summed E-state index contributed by atoms with van der Waals surface area (Å²) in [6, 6.07) is 8.75. The van der Waals surface area contributed by atoms with Gasteiger partial charge < -0.3 is 10.2 Å². The van der Waals surface area contributed by atoms with E-state index < -0.39 is 0 Å². The molecule has 2 aliphatic rings. The van der Waals surface area contributed by atoms with Gasteiger partial charge in [0.2, 0.25) is 0 Å². The summed E-state index contributed by atoms with van der Waals surface area (Å²) in [5.74, 6) is 0. The zero-order valence-corrected chi connectivity index (χ0v) is 26.3. The quantitative estimate of drug-likeness (QED) is 0.274. The van der Waals surface area contributed by atoms with Crippen LogP contribution in [0.2, 0.25) is 0 Å². The third-order valence-electron chi connectivity index (χ3n) is 9.11. The molecular formula is C36H46N4O. The standard InChI is InChI=1S/C36H46N4O/c1-9-21-22(10-2)30-18-32-24(12-4)26(14-6)34(39-32)20-36-28(16-8)27(15-7)35(40(36)41)19-33-25(13-5)23(11-3)31(38-33)17-29(21)37-30/h17-20,37,41H,9-16H2,1-8H3. The average molecular weight is 551 g/mol. The van der Waals surface area contributed by atoms with Gasteiger partial charge in [0.05, 0.1) is 33.8 Å². The third-order valence-corrected chi connectivity index (χ3v) is 9.11. The zero-order chi connectivity index (χ0) is 29.4. The van der Waals surface area contributed by atoms with E-state index in [4.69, 9.17) is 9.97 Å². The lowest BCUT2D eigenvalue weighted by molar-refractivity contribution is 0.211. The molecule has 0 fully saturated rings. The molecule has 0 amide bonds. The smallest absolute Gasteiger partial charge is 0.0856 e. The Morgan fingerprint density at radius 1 is 0.488 bits per heavy atom. The maximum absolute atomic E-state index is 11.7. The summed E-state index contributed by atoms with van der Waals surface area (Å²) in [7, 11) is 0. The Bertz CT molecular complexity index is 1600. The number of allylic oxidation sites excluding steroid dienone is 4. The molecule has 2 N–H and O–H groups in total. The highest BCUT2D eigenvalue weighted by Gasteiger charge is 2.23. The van der Waals surface area contributed by atoms with Crippen molar-refractivity contribution in [2.75, 3.05) is 0 Å². The summed E-state index contributed by atoms with van der Waals surface area (Å²) < 4.78 is 1.40. The van der Waals surface area contributed by atoms with E-state index in [0.29, 0.717) is 0 Å². The molecule has 216 valence electrons. The van der Waals surface area contributed by atoms with Crippen LogP contribution in [0.1, 0.15) is 126 Å². The number of aromatic amines is 1. The molecule has 3 aromatic rings. The first-order chi connectivity index (χ1) is 19.9. The number of nitrogens with one attached hydrogen (secondary N) is 1. The van der Waals surface area contributed by atoms with Crippen molar-refractivity contribution in [3.05, 3.63) is 69.3 Å². The van der Waals surface area contributed by atoms with Gasteiger partial charge in [0.25, 0.3) is 0 Å². The van der Waals surface area contributed by atoms with Crippen LogP contribution in [0.5, 0.6) is 0 Å². The molecule has 5 rings (SSSR count). The van der Waals surface area contributed by atoms with Crippen LogP contribution in [0, 0.1) is 0 Å². The molecule has 3 aromatic heterocycles. The molecule has 0 spiro atoms. The minimum absolute atomic E-state index is 0.834. The average Bonchev–Trinajstić information content (AvgIpc) is 3.67. The molecule has 8 bridgehead atoms. The van der Waals surface area contributed by atoms with Gasteiger partial charge in [0, 0.05) is 11.0 Å². The summed E-state index contributed by atoms with van der Waals surface area (Å²) in [6.45, 7) is 17.7. The maximum atomic E-state index is 11.7. The van der Waals surface area contributed by atoms with Crippen LogP contribution in [0.25, 0.3) is 44.4 Å². The fourth-order valence-electron chi connectivity index (χ4n) is 7.19. The van der Waals surface area contributed by atoms with Gasteiger partial charge in [-0.2, -0.15) is 4.73 Å². The second-order valence-corrected chi connectivity index (χ2v) is 11.0. The van der Waals surface area contributed by atoms with Gasteiger partial charge in [-0.1, -0.05) is 55.4 Å². The second kappa shape index (κ2) is 11.7. The van der Waals surface area contributed by atoms with Crippen molar-refractivity contribution in [1.29, 1.82) is 0 Å². The number of hydrogen-bond acceptors (Lipinski definition) is 3. The normalized spacial score (nSPS) is 13.6. The van der Waals surface area contributed by atoms with Crippen LogP contribution < -0.4 is 0 Å². The van der Waals surface area contributed by atoms with E-state index in [1.807, 2.05) is 0 Å². The van der Waals surface area contributed by atoms with Crippen LogP contribution in [0.4, 0.5) is 0 Å². The lowest BCUT2D eigenvalue weighted by atomic mass is 9.98. The Morgan fingerprint density at radius 3 is 1.10 bits per heavy atom. The minimum Gasteiger partial charge on any atom is -0.428 e. The van der Waals surface area contributed by atoms with E-state index in [9.17, 15) is 5.21 Å². The molecular weight excluding hydrogens is 504 g/mol. The predicted octanol–water partition coefficient (Wildman–Crippen LogP) is 9.74. The third kappa shape index (κ3) is 4.64. The largest absolute Gasteiger partial charge is 0.428 e. The summed E-state index contributed by atoms with van der Waals surface area (Å²) >= 11 is 0. The van der Waals surface area contributed by atoms with Crippen LogP contribution in [-0.4, -0.2) is 24.9 Å². The highest BCUT2D eigenvalue weighted by molar-refractivity contribution is 5.95. The van der Waals surface area contributed by atoms with Gasteiger partial charge in [-0.15, -0.1) is 0 Å². The first-order valence-electron chi connectivity index (χ1n) is 15.8. The van der Waals surface area contributed by atoms with Gasteiger partial charge in [-0.25, -0.2) is 9.97 Å². The van der Waals surface area contributed by atoms with Crippen molar-refractivity contribution in [2.24, 2.45) is 0 Å². The molecule has 5 heteroatoms. The molecule has 5 nitrogen and oxygen atoms in total. The Kier molecular flexibility index (Phi) is 8.26. The number of rotatable bonds is 8. The van der Waals surface area contributed by atoms with Gasteiger partial charge in [-0.3, -0.25) is 0 Å². The Balaban J connectivity index is 2.07. The fourth-order valence-corrected chi connectivity index (χ4v) is 7.19. The van der Waals surface area contributed by atoms with E-state index in [1.54, 1.807) is 0 Å². The van der Waals surface area contributed by atoms with Gasteiger partial charge >= 0.3 is 0 Å².